The van der Waals surface area contributed by atoms with Gasteiger partial charge in [0.05, 0.1) is 17.6 Å². The number of hydrogen-bond donors (Lipinski definition) is 0. The fourth-order valence-electron chi connectivity index (χ4n) is 2.54. The summed E-state index contributed by atoms with van der Waals surface area (Å²) in [6.45, 7) is 1.59. The van der Waals surface area contributed by atoms with Gasteiger partial charge in [-0.3, -0.25) is 14.9 Å². The van der Waals surface area contributed by atoms with Gasteiger partial charge in [-0.05, 0) is 36.8 Å². The van der Waals surface area contributed by atoms with E-state index in [1.54, 1.807) is 6.07 Å². The first-order chi connectivity index (χ1) is 13.2. The number of methoxy groups -OCH3 is 1. The van der Waals surface area contributed by atoms with E-state index in [0.29, 0.717) is 5.56 Å². The van der Waals surface area contributed by atoms with Crippen molar-refractivity contribution in [3.05, 3.63) is 69.5 Å². The van der Waals surface area contributed by atoms with E-state index in [9.17, 15) is 24.1 Å². The molecular weight excluding hydrogens is 371 g/mol. The first-order valence-corrected chi connectivity index (χ1v) is 8.25. The molecule has 0 heterocycles. The maximum Gasteiger partial charge on any atom is 0.338 e. The molecule has 148 valence electrons. The minimum atomic E-state index is -1.04. The average molecular weight is 390 g/mol. The Morgan fingerprint density at radius 2 is 1.96 bits per heavy atom. The summed E-state index contributed by atoms with van der Waals surface area (Å²) in [7, 11) is 2.68. The number of carbonyl (C=O) groups excluding carboxylic acids is 2. The van der Waals surface area contributed by atoms with E-state index in [-0.39, 0.29) is 17.9 Å². The number of hydrogen-bond acceptors (Lipinski definition) is 6. The summed E-state index contributed by atoms with van der Waals surface area (Å²) in [5.41, 5.74) is 0.121. The van der Waals surface area contributed by atoms with Gasteiger partial charge < -0.3 is 14.4 Å². The summed E-state index contributed by atoms with van der Waals surface area (Å²) in [6.07, 6.45) is -1.04. The summed E-state index contributed by atoms with van der Waals surface area (Å²) in [4.78, 5) is 35.9. The molecule has 2 aromatic carbocycles. The zero-order valence-corrected chi connectivity index (χ0v) is 15.5. The van der Waals surface area contributed by atoms with E-state index >= 15 is 0 Å². The molecule has 28 heavy (non-hydrogen) atoms. The third kappa shape index (κ3) is 5.03. The molecule has 0 unspecified atom stereocenters. The lowest BCUT2D eigenvalue weighted by atomic mass is 10.2. The smallest absolute Gasteiger partial charge is 0.338 e. The number of carbonyl (C=O) groups is 2. The molecule has 8 nitrogen and oxygen atoms in total. The summed E-state index contributed by atoms with van der Waals surface area (Å²) in [5, 5.41) is 11.3. The molecule has 9 heteroatoms. The van der Waals surface area contributed by atoms with Crippen LogP contribution >= 0.6 is 0 Å². The van der Waals surface area contributed by atoms with Crippen LogP contribution in [0.25, 0.3) is 0 Å². The number of nitrogens with zero attached hydrogens (tertiary/aromatic N) is 2. The molecule has 0 spiro atoms. The Morgan fingerprint density at radius 3 is 2.57 bits per heavy atom. The van der Waals surface area contributed by atoms with Crippen molar-refractivity contribution in [1.29, 1.82) is 0 Å². The van der Waals surface area contributed by atoms with Crippen molar-refractivity contribution in [3.63, 3.8) is 0 Å². The van der Waals surface area contributed by atoms with E-state index in [1.165, 1.54) is 49.2 Å². The zero-order chi connectivity index (χ0) is 20.8. The Morgan fingerprint density at radius 1 is 1.25 bits per heavy atom. The van der Waals surface area contributed by atoms with Crippen molar-refractivity contribution in [2.75, 3.05) is 14.2 Å². The van der Waals surface area contributed by atoms with Gasteiger partial charge in [0.25, 0.3) is 5.91 Å². The third-order valence-electron chi connectivity index (χ3n) is 3.91. The molecule has 0 saturated carbocycles. The van der Waals surface area contributed by atoms with Crippen molar-refractivity contribution >= 4 is 17.6 Å². The van der Waals surface area contributed by atoms with Gasteiger partial charge in [-0.1, -0.05) is 12.1 Å². The number of halogens is 1. The first-order valence-electron chi connectivity index (χ1n) is 8.25. The Bertz CT molecular complexity index is 902. The van der Waals surface area contributed by atoms with Crippen LogP contribution in [0, 0.1) is 15.9 Å². The summed E-state index contributed by atoms with van der Waals surface area (Å²) in [5.74, 6) is -1.74. The number of nitro groups is 1. The molecule has 0 fully saturated rings. The molecule has 0 N–H and O–H groups in total. The molecule has 1 atom stereocenters. The monoisotopic (exact) mass is 390 g/mol. The molecule has 0 bridgehead atoms. The van der Waals surface area contributed by atoms with Crippen LogP contribution in [0.5, 0.6) is 5.75 Å². The van der Waals surface area contributed by atoms with E-state index in [2.05, 4.69) is 4.74 Å². The normalized spacial score (nSPS) is 11.4. The third-order valence-corrected chi connectivity index (χ3v) is 3.91. The Labute approximate surface area is 160 Å². The van der Waals surface area contributed by atoms with Gasteiger partial charge in [0.15, 0.2) is 11.9 Å². The highest BCUT2D eigenvalue weighted by Gasteiger charge is 2.25. The largest absolute Gasteiger partial charge is 0.474 e. The van der Waals surface area contributed by atoms with E-state index in [0.717, 1.165) is 13.2 Å². The van der Waals surface area contributed by atoms with Crippen molar-refractivity contribution < 1.29 is 28.4 Å². The number of benzene rings is 2. The zero-order valence-electron chi connectivity index (χ0n) is 15.5. The highest BCUT2D eigenvalue weighted by atomic mass is 19.1. The molecule has 0 aliphatic rings. The van der Waals surface area contributed by atoms with Crippen molar-refractivity contribution in [3.8, 4) is 5.75 Å². The maximum absolute atomic E-state index is 13.3. The summed E-state index contributed by atoms with van der Waals surface area (Å²) in [6, 6.07) is 9.39. The number of ether oxygens (including phenoxy) is 2. The van der Waals surface area contributed by atoms with Crippen LogP contribution in [0.15, 0.2) is 42.5 Å². The Kier molecular flexibility index (Phi) is 6.64. The molecule has 1 amide bonds. The second-order valence-electron chi connectivity index (χ2n) is 6.02. The Hall–Kier alpha value is -3.49. The lowest BCUT2D eigenvalue weighted by Crippen LogP contribution is -2.37. The second-order valence-corrected chi connectivity index (χ2v) is 6.02. The van der Waals surface area contributed by atoms with Gasteiger partial charge >= 0.3 is 11.7 Å². The highest BCUT2D eigenvalue weighted by molar-refractivity contribution is 5.90. The number of likely N-dealkylation sites (N-methyl/N-ethyl adjacent to an activating group) is 1. The van der Waals surface area contributed by atoms with E-state index < -0.39 is 34.4 Å². The fraction of sp³-hybridized carbons (Fsp3) is 0.263. The first kappa shape index (κ1) is 20.8. The van der Waals surface area contributed by atoms with Crippen LogP contribution in [0.2, 0.25) is 0 Å². The molecule has 0 radical (unpaired) electrons. The van der Waals surface area contributed by atoms with Gasteiger partial charge in [0.1, 0.15) is 5.82 Å². The predicted molar refractivity (Wildman–Crippen MR) is 97.4 cm³/mol. The highest BCUT2D eigenvalue weighted by Crippen LogP contribution is 2.29. The van der Waals surface area contributed by atoms with Crippen molar-refractivity contribution in [2.24, 2.45) is 0 Å². The van der Waals surface area contributed by atoms with E-state index in [4.69, 9.17) is 4.74 Å². The topological polar surface area (TPSA) is 99.0 Å². The van der Waals surface area contributed by atoms with Crippen LogP contribution in [-0.4, -0.2) is 42.0 Å². The minimum Gasteiger partial charge on any atom is -0.474 e. The quantitative estimate of drug-likeness (QED) is 0.409. The number of rotatable bonds is 7. The standard InChI is InChI=1S/C19H19FN2O6/c1-12(18(23)21(2)11-13-5-4-6-15(20)9-13)28-17-8-7-14(19(24)27-3)10-16(17)22(25)26/h4-10,12H,11H2,1-3H3/t12-/m0/s1. The van der Waals surface area contributed by atoms with E-state index in [1.807, 2.05) is 0 Å². The minimum absolute atomic E-state index is 0.0104. The fourth-order valence-corrected chi connectivity index (χ4v) is 2.54. The number of nitro benzene ring substituents is 1. The van der Waals surface area contributed by atoms with Crippen LogP contribution in [-0.2, 0) is 16.1 Å². The van der Waals surface area contributed by atoms with Crippen LogP contribution in [0.3, 0.4) is 0 Å². The molecule has 0 aliphatic carbocycles. The summed E-state index contributed by atoms with van der Waals surface area (Å²) < 4.78 is 23.3. The van der Waals surface area contributed by atoms with Gasteiger partial charge in [0.2, 0.25) is 0 Å². The molecule has 0 saturated heterocycles. The lowest BCUT2D eigenvalue weighted by Gasteiger charge is -2.22. The van der Waals surface area contributed by atoms with Gasteiger partial charge in [0, 0.05) is 19.7 Å². The molecule has 0 aliphatic heterocycles. The second kappa shape index (κ2) is 8.94. The molecular formula is C19H19FN2O6. The predicted octanol–water partition coefficient (Wildman–Crippen LogP) is 2.95. The van der Waals surface area contributed by atoms with Gasteiger partial charge in [-0.15, -0.1) is 0 Å². The molecule has 2 aromatic rings. The molecule has 0 aromatic heterocycles. The molecule has 2 rings (SSSR count). The van der Waals surface area contributed by atoms with Crippen LogP contribution in [0.4, 0.5) is 10.1 Å². The lowest BCUT2D eigenvalue weighted by molar-refractivity contribution is -0.386. The van der Waals surface area contributed by atoms with Crippen molar-refractivity contribution in [2.45, 2.75) is 19.6 Å². The number of amides is 1. The van der Waals surface area contributed by atoms with Gasteiger partial charge in [-0.25, -0.2) is 9.18 Å². The SMILES string of the molecule is COC(=O)c1ccc(O[C@@H](C)C(=O)N(C)Cc2cccc(F)c2)c([N+](=O)[O-])c1. The van der Waals surface area contributed by atoms with Gasteiger partial charge in [-0.2, -0.15) is 0 Å². The maximum atomic E-state index is 13.3. The van der Waals surface area contributed by atoms with Crippen LogP contribution in [0.1, 0.15) is 22.8 Å². The average Bonchev–Trinajstić information content (AvgIpc) is 2.66. The number of esters is 1. The Balaban J connectivity index is 2.14. The summed E-state index contributed by atoms with van der Waals surface area (Å²) >= 11 is 0. The van der Waals surface area contributed by atoms with Crippen molar-refractivity contribution in [1.82, 2.24) is 4.90 Å². The van der Waals surface area contributed by atoms with Crippen LogP contribution < -0.4 is 4.74 Å².